The Bertz CT molecular complexity index is 608. The van der Waals surface area contributed by atoms with Crippen molar-refractivity contribution in [2.24, 2.45) is 0 Å². The van der Waals surface area contributed by atoms with E-state index in [0.29, 0.717) is 5.76 Å². The average Bonchev–Trinajstić information content (AvgIpc) is 2.48. The quantitative estimate of drug-likeness (QED) is 0.563. The number of ether oxygens (including phenoxy) is 1. The van der Waals surface area contributed by atoms with Crippen molar-refractivity contribution in [3.05, 3.63) is 71.6 Å². The van der Waals surface area contributed by atoms with Crippen molar-refractivity contribution in [1.82, 2.24) is 0 Å². The molecule has 1 nitrogen and oxygen atoms in total. The van der Waals surface area contributed by atoms with Gasteiger partial charge in [-0.15, -0.1) is 11.8 Å². The molecule has 0 unspecified atom stereocenters. The topological polar surface area (TPSA) is 9.23 Å². The molecule has 0 saturated heterocycles. The minimum Gasteiger partial charge on any atom is -0.497 e. The minimum absolute atomic E-state index is 0.264. The predicted octanol–water partition coefficient (Wildman–Crippen LogP) is 5.04. The summed E-state index contributed by atoms with van der Waals surface area (Å²) >= 11 is 1.62. The van der Waals surface area contributed by atoms with E-state index in [4.69, 9.17) is 4.74 Å². The molecule has 3 heteroatoms. The van der Waals surface area contributed by atoms with Gasteiger partial charge in [0.15, 0.2) is 0 Å². The highest BCUT2D eigenvalue weighted by atomic mass is 32.2. The number of hydrogen-bond donors (Lipinski definition) is 0. The Kier molecular flexibility index (Phi) is 4.85. The van der Waals surface area contributed by atoms with Crippen LogP contribution < -0.4 is 0 Å². The molecule has 0 aliphatic rings. The molecule has 104 valence electrons. The van der Waals surface area contributed by atoms with E-state index in [0.717, 1.165) is 21.8 Å². The van der Waals surface area contributed by atoms with Gasteiger partial charge in [-0.05, 0) is 30.2 Å². The van der Waals surface area contributed by atoms with E-state index < -0.39 is 0 Å². The molecule has 0 N–H and O–H groups in total. The molecule has 0 atom stereocenters. The molecule has 0 fully saturated rings. The maximum absolute atomic E-state index is 13.7. The minimum atomic E-state index is -0.264. The predicted molar refractivity (Wildman–Crippen MR) is 83.2 cm³/mol. The number of hydrogen-bond acceptors (Lipinski definition) is 2. The highest BCUT2D eigenvalue weighted by molar-refractivity contribution is 7.98. The molecule has 2 rings (SSSR count). The van der Waals surface area contributed by atoms with Crippen molar-refractivity contribution >= 4 is 17.5 Å². The van der Waals surface area contributed by atoms with Gasteiger partial charge in [-0.2, -0.15) is 0 Å². The number of rotatable bonds is 5. The van der Waals surface area contributed by atoms with Crippen LogP contribution in [0.3, 0.4) is 0 Å². The highest BCUT2D eigenvalue weighted by Gasteiger charge is 2.11. The van der Waals surface area contributed by atoms with Gasteiger partial charge < -0.3 is 4.74 Å². The van der Waals surface area contributed by atoms with Gasteiger partial charge in [0.2, 0.25) is 0 Å². The fraction of sp³-hybridized carbons (Fsp3) is 0.176. The molecule has 0 amide bonds. The Morgan fingerprint density at radius 1 is 1.25 bits per heavy atom. The van der Waals surface area contributed by atoms with Crippen LogP contribution in [0.1, 0.15) is 16.7 Å². The normalized spacial score (nSPS) is 10.3. The maximum Gasteiger partial charge on any atom is 0.125 e. The fourth-order valence-corrected chi connectivity index (χ4v) is 2.98. The average molecular weight is 288 g/mol. The van der Waals surface area contributed by atoms with Crippen molar-refractivity contribution in [3.8, 4) is 0 Å². The lowest BCUT2D eigenvalue weighted by molar-refractivity contribution is 0.370. The van der Waals surface area contributed by atoms with E-state index in [2.05, 4.69) is 18.7 Å². The molecule has 0 radical (unpaired) electrons. The summed E-state index contributed by atoms with van der Waals surface area (Å²) in [6.45, 7) is 5.77. The number of halogens is 1. The number of thioether (sulfide) groups is 1. The number of methoxy groups -OCH3 is 1. The highest BCUT2D eigenvalue weighted by Crippen LogP contribution is 2.31. The Labute approximate surface area is 123 Å². The van der Waals surface area contributed by atoms with Crippen LogP contribution in [0.15, 0.2) is 53.9 Å². The van der Waals surface area contributed by atoms with Gasteiger partial charge in [-0.25, -0.2) is 4.39 Å². The standard InChI is InChI=1S/C17H17FOS/c1-12-16(13(2)19-3)9-15(18)10-17(12)20-11-14-7-5-4-6-8-14/h4-10H,2,11H2,1,3H3. The van der Waals surface area contributed by atoms with Crippen LogP contribution >= 0.6 is 11.8 Å². The van der Waals surface area contributed by atoms with Gasteiger partial charge >= 0.3 is 0 Å². The molecule has 0 bridgehead atoms. The van der Waals surface area contributed by atoms with Gasteiger partial charge in [0.1, 0.15) is 11.6 Å². The summed E-state index contributed by atoms with van der Waals surface area (Å²) < 4.78 is 18.8. The molecule has 0 spiro atoms. The smallest absolute Gasteiger partial charge is 0.125 e. The molecule has 20 heavy (non-hydrogen) atoms. The lowest BCUT2D eigenvalue weighted by Crippen LogP contribution is -1.95. The van der Waals surface area contributed by atoms with Crippen molar-refractivity contribution in [2.75, 3.05) is 7.11 Å². The van der Waals surface area contributed by atoms with Crippen LogP contribution in [0.4, 0.5) is 4.39 Å². The largest absolute Gasteiger partial charge is 0.497 e. The summed E-state index contributed by atoms with van der Waals surface area (Å²) in [5, 5.41) is 0. The first-order chi connectivity index (χ1) is 9.61. The molecule has 0 aliphatic heterocycles. The van der Waals surface area contributed by atoms with Crippen LogP contribution in [0.2, 0.25) is 0 Å². The molecule has 0 aliphatic carbocycles. The first-order valence-electron chi connectivity index (χ1n) is 6.32. The number of benzene rings is 2. The summed E-state index contributed by atoms with van der Waals surface area (Å²) in [6, 6.07) is 13.2. The lowest BCUT2D eigenvalue weighted by atomic mass is 10.1. The van der Waals surface area contributed by atoms with Crippen molar-refractivity contribution in [2.45, 2.75) is 17.6 Å². The van der Waals surface area contributed by atoms with Crippen LogP contribution in [-0.4, -0.2) is 7.11 Å². The zero-order valence-corrected chi connectivity index (χ0v) is 12.5. The monoisotopic (exact) mass is 288 g/mol. The van der Waals surface area contributed by atoms with Gasteiger partial charge in [0, 0.05) is 16.2 Å². The SMILES string of the molecule is C=C(OC)c1cc(F)cc(SCc2ccccc2)c1C. The van der Waals surface area contributed by atoms with E-state index in [-0.39, 0.29) is 5.82 Å². The second-order valence-corrected chi connectivity index (χ2v) is 5.50. The van der Waals surface area contributed by atoms with Gasteiger partial charge in [-0.3, -0.25) is 0 Å². The van der Waals surface area contributed by atoms with Gasteiger partial charge in [0.05, 0.1) is 7.11 Å². The summed E-state index contributed by atoms with van der Waals surface area (Å²) in [5.41, 5.74) is 2.94. The van der Waals surface area contributed by atoms with Gasteiger partial charge in [0.25, 0.3) is 0 Å². The molecule has 2 aromatic carbocycles. The summed E-state index contributed by atoms with van der Waals surface area (Å²) in [7, 11) is 1.55. The summed E-state index contributed by atoms with van der Waals surface area (Å²) in [6.07, 6.45) is 0. The Morgan fingerprint density at radius 2 is 1.95 bits per heavy atom. The van der Waals surface area contributed by atoms with Crippen molar-refractivity contribution in [3.63, 3.8) is 0 Å². The second kappa shape index (κ2) is 6.62. The molecule has 0 saturated carbocycles. The van der Waals surface area contributed by atoms with E-state index >= 15 is 0 Å². The summed E-state index contributed by atoms with van der Waals surface area (Å²) in [4.78, 5) is 0.919. The Hall–Kier alpha value is -1.74. The van der Waals surface area contributed by atoms with Crippen molar-refractivity contribution < 1.29 is 9.13 Å². The van der Waals surface area contributed by atoms with Crippen LogP contribution in [-0.2, 0) is 10.5 Å². The second-order valence-electron chi connectivity index (χ2n) is 4.48. The Morgan fingerprint density at radius 3 is 2.60 bits per heavy atom. The molecular formula is C17H17FOS. The zero-order chi connectivity index (χ0) is 14.5. The first kappa shape index (κ1) is 14.7. The van der Waals surface area contributed by atoms with E-state index in [1.807, 2.05) is 25.1 Å². The molecule has 2 aromatic rings. The summed E-state index contributed by atoms with van der Waals surface area (Å²) in [5.74, 6) is 1.03. The molecule has 0 aromatic heterocycles. The van der Waals surface area contributed by atoms with Crippen LogP contribution in [0.25, 0.3) is 5.76 Å². The van der Waals surface area contributed by atoms with E-state index in [1.54, 1.807) is 24.9 Å². The van der Waals surface area contributed by atoms with Crippen molar-refractivity contribution in [1.29, 1.82) is 0 Å². The van der Waals surface area contributed by atoms with Crippen LogP contribution in [0, 0.1) is 12.7 Å². The first-order valence-corrected chi connectivity index (χ1v) is 7.30. The third-order valence-corrected chi connectivity index (χ3v) is 4.32. The lowest BCUT2D eigenvalue weighted by Gasteiger charge is -2.13. The zero-order valence-electron chi connectivity index (χ0n) is 11.7. The fourth-order valence-electron chi connectivity index (χ4n) is 1.94. The third kappa shape index (κ3) is 3.42. The molecular weight excluding hydrogens is 271 g/mol. The van der Waals surface area contributed by atoms with E-state index in [9.17, 15) is 4.39 Å². The molecule has 0 heterocycles. The third-order valence-electron chi connectivity index (χ3n) is 3.11. The van der Waals surface area contributed by atoms with Crippen LogP contribution in [0.5, 0.6) is 0 Å². The Balaban J connectivity index is 2.23. The van der Waals surface area contributed by atoms with Gasteiger partial charge in [-0.1, -0.05) is 36.9 Å². The van der Waals surface area contributed by atoms with E-state index in [1.165, 1.54) is 11.6 Å². The maximum atomic E-state index is 13.7.